The maximum Gasteiger partial charge on any atom is 0.226 e. The quantitative estimate of drug-likeness (QED) is 0.936. The fourth-order valence-electron chi connectivity index (χ4n) is 2.21. The molecule has 0 radical (unpaired) electrons. The molecular formula is C16H18N2O3S. The van der Waals surface area contributed by atoms with Gasteiger partial charge in [-0.3, -0.25) is 4.79 Å². The number of hydrogen-bond acceptors (Lipinski definition) is 5. The molecule has 0 atom stereocenters. The van der Waals surface area contributed by atoms with Gasteiger partial charge in [-0.1, -0.05) is 13.8 Å². The lowest BCUT2D eigenvalue weighted by Gasteiger charge is -2.18. The van der Waals surface area contributed by atoms with Crippen LogP contribution in [0.15, 0.2) is 23.6 Å². The van der Waals surface area contributed by atoms with E-state index < -0.39 is 0 Å². The van der Waals surface area contributed by atoms with Crippen molar-refractivity contribution in [3.05, 3.63) is 23.6 Å². The Morgan fingerprint density at radius 2 is 2.09 bits per heavy atom. The molecule has 2 heterocycles. The zero-order valence-electron chi connectivity index (χ0n) is 12.6. The van der Waals surface area contributed by atoms with E-state index in [0.717, 1.165) is 22.8 Å². The Morgan fingerprint density at radius 3 is 2.86 bits per heavy atom. The molecule has 22 heavy (non-hydrogen) atoms. The van der Waals surface area contributed by atoms with Crippen molar-refractivity contribution in [3.63, 3.8) is 0 Å². The van der Waals surface area contributed by atoms with Crippen LogP contribution >= 0.6 is 11.3 Å². The van der Waals surface area contributed by atoms with Crippen molar-refractivity contribution in [1.29, 1.82) is 0 Å². The molecule has 1 aliphatic heterocycles. The summed E-state index contributed by atoms with van der Waals surface area (Å²) in [6.45, 7) is 5.17. The number of rotatable bonds is 4. The first kappa shape index (κ1) is 14.8. The summed E-state index contributed by atoms with van der Waals surface area (Å²) >= 11 is 1.42. The molecule has 1 amide bonds. The molecule has 1 N–H and O–H groups in total. The molecule has 1 aromatic carbocycles. The fraction of sp³-hybridized carbons (Fsp3) is 0.375. The predicted octanol–water partition coefficient (Wildman–Crippen LogP) is 3.57. The van der Waals surface area contributed by atoms with Gasteiger partial charge in [-0.15, -0.1) is 11.3 Å². The van der Waals surface area contributed by atoms with E-state index >= 15 is 0 Å². The van der Waals surface area contributed by atoms with Crippen LogP contribution in [0.4, 0.5) is 5.13 Å². The maximum absolute atomic E-state index is 11.8. The minimum Gasteiger partial charge on any atom is -0.486 e. The Labute approximate surface area is 133 Å². The molecule has 0 saturated carbocycles. The molecule has 0 unspecified atom stereocenters. The first-order chi connectivity index (χ1) is 10.6. The van der Waals surface area contributed by atoms with Crippen LogP contribution < -0.4 is 14.8 Å². The topological polar surface area (TPSA) is 60.5 Å². The van der Waals surface area contributed by atoms with Gasteiger partial charge in [-0.05, 0) is 24.1 Å². The van der Waals surface area contributed by atoms with E-state index in [-0.39, 0.29) is 5.91 Å². The van der Waals surface area contributed by atoms with Gasteiger partial charge in [0.05, 0.1) is 5.69 Å². The van der Waals surface area contributed by atoms with Gasteiger partial charge in [-0.25, -0.2) is 4.98 Å². The van der Waals surface area contributed by atoms with Crippen LogP contribution in [0.25, 0.3) is 11.3 Å². The second-order valence-electron chi connectivity index (χ2n) is 5.54. The number of amides is 1. The first-order valence-corrected chi connectivity index (χ1v) is 8.15. The summed E-state index contributed by atoms with van der Waals surface area (Å²) in [4.78, 5) is 16.2. The van der Waals surface area contributed by atoms with Gasteiger partial charge >= 0.3 is 0 Å². The summed E-state index contributed by atoms with van der Waals surface area (Å²) in [6.07, 6.45) is 0.499. The molecule has 0 saturated heterocycles. The van der Waals surface area contributed by atoms with E-state index in [9.17, 15) is 4.79 Å². The highest BCUT2D eigenvalue weighted by Gasteiger charge is 2.14. The van der Waals surface area contributed by atoms with Gasteiger partial charge in [0.15, 0.2) is 16.6 Å². The Balaban J connectivity index is 1.75. The molecule has 1 aliphatic rings. The summed E-state index contributed by atoms with van der Waals surface area (Å²) in [7, 11) is 0. The van der Waals surface area contributed by atoms with Crippen LogP contribution in [0.1, 0.15) is 20.3 Å². The van der Waals surface area contributed by atoms with Crippen LogP contribution in [0, 0.1) is 5.92 Å². The van der Waals surface area contributed by atoms with Gasteiger partial charge < -0.3 is 14.8 Å². The Bertz CT molecular complexity index is 682. The second-order valence-corrected chi connectivity index (χ2v) is 6.40. The van der Waals surface area contributed by atoms with Crippen molar-refractivity contribution in [2.24, 2.45) is 5.92 Å². The van der Waals surface area contributed by atoms with Crippen molar-refractivity contribution >= 4 is 22.4 Å². The predicted molar refractivity (Wildman–Crippen MR) is 86.6 cm³/mol. The number of nitrogens with zero attached hydrogens (tertiary/aromatic N) is 1. The number of carbonyl (C=O) groups excluding carboxylic acids is 1. The van der Waals surface area contributed by atoms with Gasteiger partial charge in [-0.2, -0.15) is 0 Å². The third-order valence-corrected chi connectivity index (χ3v) is 3.94. The zero-order valence-corrected chi connectivity index (χ0v) is 13.4. The lowest BCUT2D eigenvalue weighted by atomic mass is 10.1. The highest BCUT2D eigenvalue weighted by Crippen LogP contribution is 2.35. The number of carbonyl (C=O) groups is 1. The molecule has 0 fully saturated rings. The summed E-state index contributed by atoms with van der Waals surface area (Å²) in [5.74, 6) is 1.83. The van der Waals surface area contributed by atoms with E-state index in [1.165, 1.54) is 11.3 Å². The number of aromatic nitrogens is 1. The highest BCUT2D eigenvalue weighted by molar-refractivity contribution is 7.14. The van der Waals surface area contributed by atoms with Crippen LogP contribution in [-0.2, 0) is 4.79 Å². The smallest absolute Gasteiger partial charge is 0.226 e. The van der Waals surface area contributed by atoms with E-state index in [1.807, 2.05) is 37.4 Å². The largest absolute Gasteiger partial charge is 0.486 e. The van der Waals surface area contributed by atoms with Crippen LogP contribution in [-0.4, -0.2) is 24.1 Å². The van der Waals surface area contributed by atoms with Crippen molar-refractivity contribution in [3.8, 4) is 22.8 Å². The van der Waals surface area contributed by atoms with Crippen LogP contribution in [0.3, 0.4) is 0 Å². The minimum absolute atomic E-state index is 0.00178. The molecule has 0 bridgehead atoms. The number of thiazole rings is 1. The number of fused-ring (bicyclic) bond motifs is 1. The lowest BCUT2D eigenvalue weighted by Crippen LogP contribution is -2.15. The third-order valence-electron chi connectivity index (χ3n) is 3.18. The average Bonchev–Trinajstić information content (AvgIpc) is 2.94. The van der Waals surface area contributed by atoms with Gasteiger partial charge in [0, 0.05) is 17.4 Å². The monoisotopic (exact) mass is 318 g/mol. The van der Waals surface area contributed by atoms with Gasteiger partial charge in [0.25, 0.3) is 0 Å². The van der Waals surface area contributed by atoms with E-state index in [1.54, 1.807) is 0 Å². The molecule has 1 aromatic heterocycles. The van der Waals surface area contributed by atoms with Crippen molar-refractivity contribution in [2.45, 2.75) is 20.3 Å². The third kappa shape index (κ3) is 3.39. The van der Waals surface area contributed by atoms with E-state index in [0.29, 0.717) is 30.7 Å². The van der Waals surface area contributed by atoms with E-state index in [2.05, 4.69) is 10.3 Å². The van der Waals surface area contributed by atoms with Crippen LogP contribution in [0.5, 0.6) is 11.5 Å². The molecular weight excluding hydrogens is 300 g/mol. The Hall–Kier alpha value is -2.08. The molecule has 5 nitrogen and oxygen atoms in total. The van der Waals surface area contributed by atoms with Crippen molar-refractivity contribution < 1.29 is 14.3 Å². The Kier molecular flexibility index (Phi) is 4.29. The zero-order chi connectivity index (χ0) is 15.5. The summed E-state index contributed by atoms with van der Waals surface area (Å²) in [5.41, 5.74) is 1.77. The number of hydrogen-bond donors (Lipinski definition) is 1. The average molecular weight is 318 g/mol. The van der Waals surface area contributed by atoms with Gasteiger partial charge in [0.2, 0.25) is 5.91 Å². The maximum atomic E-state index is 11.8. The minimum atomic E-state index is -0.00178. The second kappa shape index (κ2) is 6.36. The highest BCUT2D eigenvalue weighted by atomic mass is 32.1. The molecule has 2 aromatic rings. The van der Waals surface area contributed by atoms with Crippen molar-refractivity contribution in [1.82, 2.24) is 4.98 Å². The number of nitrogens with one attached hydrogen (secondary N) is 1. The summed E-state index contributed by atoms with van der Waals surface area (Å²) in [5, 5.41) is 5.39. The molecule has 0 aliphatic carbocycles. The van der Waals surface area contributed by atoms with Crippen molar-refractivity contribution in [2.75, 3.05) is 18.5 Å². The summed E-state index contributed by atoms with van der Waals surface area (Å²) in [6, 6.07) is 5.76. The van der Waals surface area contributed by atoms with Gasteiger partial charge in [0.1, 0.15) is 13.2 Å². The number of anilines is 1. The van der Waals surface area contributed by atoms with E-state index in [4.69, 9.17) is 9.47 Å². The molecule has 3 rings (SSSR count). The lowest BCUT2D eigenvalue weighted by molar-refractivity contribution is -0.116. The number of ether oxygens (including phenoxy) is 2. The molecule has 0 spiro atoms. The number of benzene rings is 1. The first-order valence-electron chi connectivity index (χ1n) is 7.27. The van der Waals surface area contributed by atoms with Crippen LogP contribution in [0.2, 0.25) is 0 Å². The molecule has 6 heteroatoms. The standard InChI is InChI=1S/C16H18N2O3S/c1-10(2)7-15(19)18-16-17-12(9-22-16)11-3-4-13-14(8-11)21-6-5-20-13/h3-4,8-10H,5-7H2,1-2H3,(H,17,18,19). The SMILES string of the molecule is CC(C)CC(=O)Nc1nc(-c2ccc3c(c2)OCCO3)cs1. The fourth-order valence-corrected chi connectivity index (χ4v) is 2.94. The Morgan fingerprint density at radius 1 is 1.32 bits per heavy atom. The molecule has 116 valence electrons. The summed E-state index contributed by atoms with van der Waals surface area (Å²) < 4.78 is 11.1. The normalized spacial score (nSPS) is 13.2.